The van der Waals surface area contributed by atoms with Gasteiger partial charge in [0.15, 0.2) is 4.32 Å². The van der Waals surface area contributed by atoms with Gasteiger partial charge in [-0.2, -0.15) is 13.2 Å². The van der Waals surface area contributed by atoms with Gasteiger partial charge in [-0.1, -0.05) is 30.0 Å². The predicted molar refractivity (Wildman–Crippen MR) is 115 cm³/mol. The number of amides is 1. The van der Waals surface area contributed by atoms with E-state index in [2.05, 4.69) is 31.9 Å². The first kappa shape index (κ1) is 21.4. The Bertz CT molecular complexity index is 986. The second kappa shape index (κ2) is 8.17. The Morgan fingerprint density at radius 3 is 2.39 bits per heavy atom. The zero-order valence-corrected chi connectivity index (χ0v) is 18.8. The van der Waals surface area contributed by atoms with Gasteiger partial charge in [0.25, 0.3) is 5.91 Å². The average molecular weight is 553 g/mol. The fourth-order valence-corrected chi connectivity index (χ4v) is 5.37. The van der Waals surface area contributed by atoms with Crippen molar-refractivity contribution in [3.63, 3.8) is 0 Å². The zero-order valence-electron chi connectivity index (χ0n) is 14.0. The number of methoxy groups -OCH3 is 1. The number of thioether (sulfide) groups is 1. The summed E-state index contributed by atoms with van der Waals surface area (Å²) in [6.07, 6.45) is -2.88. The number of hydrogen-bond acceptors (Lipinski definition) is 4. The van der Waals surface area contributed by atoms with Gasteiger partial charge < -0.3 is 4.74 Å². The van der Waals surface area contributed by atoms with Gasteiger partial charge in [0.1, 0.15) is 5.75 Å². The first-order chi connectivity index (χ1) is 13.1. The lowest BCUT2D eigenvalue weighted by Gasteiger charge is -2.16. The summed E-state index contributed by atoms with van der Waals surface area (Å²) < 4.78 is 45.7. The average Bonchev–Trinajstić information content (AvgIpc) is 2.87. The van der Waals surface area contributed by atoms with E-state index in [9.17, 15) is 18.0 Å². The summed E-state index contributed by atoms with van der Waals surface area (Å²) in [5, 5.41) is 0. The summed E-state index contributed by atoms with van der Waals surface area (Å²) >= 11 is 13.0. The van der Waals surface area contributed by atoms with Crippen molar-refractivity contribution in [3.05, 3.63) is 61.4 Å². The molecule has 0 N–H and O–H groups in total. The van der Waals surface area contributed by atoms with Gasteiger partial charge in [0, 0.05) is 0 Å². The van der Waals surface area contributed by atoms with Crippen LogP contribution in [0.4, 0.5) is 18.9 Å². The number of nitrogens with zero attached hydrogens (tertiary/aromatic N) is 1. The third-order valence-electron chi connectivity index (χ3n) is 3.75. The van der Waals surface area contributed by atoms with Crippen LogP contribution < -0.4 is 9.64 Å². The van der Waals surface area contributed by atoms with Gasteiger partial charge in [-0.25, -0.2) is 0 Å². The second-order valence-corrected chi connectivity index (χ2v) is 8.97. The van der Waals surface area contributed by atoms with Crippen LogP contribution >= 0.6 is 55.8 Å². The highest BCUT2D eigenvalue weighted by molar-refractivity contribution is 9.11. The number of hydrogen-bond donors (Lipinski definition) is 0. The quantitative estimate of drug-likeness (QED) is 0.315. The molecular weight excluding hydrogens is 543 g/mol. The molecule has 0 spiro atoms. The Kier molecular flexibility index (Phi) is 6.23. The number of rotatable bonds is 3. The van der Waals surface area contributed by atoms with Gasteiger partial charge in [-0.15, -0.1) is 0 Å². The number of thiocarbonyl (C=S) groups is 1. The lowest BCUT2D eigenvalue weighted by molar-refractivity contribution is -0.137. The Balaban J connectivity index is 1.96. The Hall–Kier alpha value is -1.36. The number of benzene rings is 2. The maximum absolute atomic E-state index is 13.0. The van der Waals surface area contributed by atoms with Crippen LogP contribution in [0.2, 0.25) is 0 Å². The van der Waals surface area contributed by atoms with Crippen LogP contribution in [0.1, 0.15) is 11.1 Å². The second-order valence-electron chi connectivity index (χ2n) is 5.58. The van der Waals surface area contributed by atoms with E-state index in [-0.39, 0.29) is 10.0 Å². The number of alkyl halides is 3. The number of anilines is 1. The van der Waals surface area contributed by atoms with Crippen LogP contribution in [0.3, 0.4) is 0 Å². The summed E-state index contributed by atoms with van der Waals surface area (Å²) in [6, 6.07) is 8.06. The molecule has 3 nitrogen and oxygen atoms in total. The zero-order chi connectivity index (χ0) is 20.6. The summed E-state index contributed by atoms with van der Waals surface area (Å²) in [7, 11) is 1.53. The molecule has 0 aliphatic carbocycles. The molecule has 0 saturated carbocycles. The molecule has 0 bridgehead atoms. The minimum Gasteiger partial charge on any atom is -0.494 e. The molecule has 146 valence electrons. The smallest absolute Gasteiger partial charge is 0.416 e. The first-order valence-corrected chi connectivity index (χ1v) is 10.4. The largest absolute Gasteiger partial charge is 0.494 e. The highest BCUT2D eigenvalue weighted by Crippen LogP contribution is 2.40. The molecule has 1 saturated heterocycles. The molecule has 10 heteroatoms. The maximum Gasteiger partial charge on any atom is 0.416 e. The van der Waals surface area contributed by atoms with Crippen LogP contribution in [0.25, 0.3) is 6.08 Å². The summed E-state index contributed by atoms with van der Waals surface area (Å²) in [5.74, 6) is 0.131. The number of halogens is 5. The highest BCUT2D eigenvalue weighted by atomic mass is 79.9. The molecule has 28 heavy (non-hydrogen) atoms. The molecule has 0 aromatic heterocycles. The number of ether oxygens (including phenoxy) is 1. The Morgan fingerprint density at radius 1 is 1.18 bits per heavy atom. The highest BCUT2D eigenvalue weighted by Gasteiger charge is 2.36. The van der Waals surface area contributed by atoms with E-state index >= 15 is 0 Å². The van der Waals surface area contributed by atoms with E-state index in [1.807, 2.05) is 0 Å². The van der Waals surface area contributed by atoms with Crippen molar-refractivity contribution in [2.24, 2.45) is 0 Å². The molecule has 3 rings (SSSR count). The molecule has 1 aliphatic rings. The minimum atomic E-state index is -4.51. The standard InChI is InChI=1S/C18H10Br2F3NO2S2/c1-26-15-12(19)5-9(6-13(15)20)7-14-16(25)24(17(27)28-14)11-4-2-3-10(8-11)18(21,22)23/h2-8H,1H3. The lowest BCUT2D eigenvalue weighted by Crippen LogP contribution is -2.27. The molecule has 0 unspecified atom stereocenters. The summed E-state index contributed by atoms with van der Waals surface area (Å²) in [6.45, 7) is 0. The molecule has 1 aliphatic heterocycles. The van der Waals surface area contributed by atoms with E-state index in [0.29, 0.717) is 25.2 Å². The van der Waals surface area contributed by atoms with Gasteiger partial charge in [0.2, 0.25) is 0 Å². The fourth-order valence-electron chi connectivity index (χ4n) is 2.52. The number of carbonyl (C=O) groups excluding carboxylic acids is 1. The van der Waals surface area contributed by atoms with E-state index < -0.39 is 17.6 Å². The van der Waals surface area contributed by atoms with E-state index in [1.165, 1.54) is 19.2 Å². The predicted octanol–water partition coefficient (Wildman–Crippen LogP) is 6.64. The van der Waals surface area contributed by atoms with Crippen LogP contribution in [0, 0.1) is 0 Å². The van der Waals surface area contributed by atoms with Crippen molar-refractivity contribution in [2.45, 2.75) is 6.18 Å². The molecule has 0 atom stereocenters. The van der Waals surface area contributed by atoms with Crippen molar-refractivity contribution in [1.29, 1.82) is 0 Å². The first-order valence-electron chi connectivity index (χ1n) is 7.60. The van der Waals surface area contributed by atoms with E-state index in [4.69, 9.17) is 17.0 Å². The monoisotopic (exact) mass is 551 g/mol. The van der Waals surface area contributed by atoms with E-state index in [1.54, 1.807) is 18.2 Å². The van der Waals surface area contributed by atoms with Crippen molar-refractivity contribution in [1.82, 2.24) is 0 Å². The Labute approximate surface area is 185 Å². The fraction of sp³-hybridized carbons (Fsp3) is 0.111. The molecule has 0 radical (unpaired) electrons. The topological polar surface area (TPSA) is 29.5 Å². The van der Waals surface area contributed by atoms with E-state index in [0.717, 1.165) is 28.8 Å². The molecule has 2 aromatic rings. The van der Waals surface area contributed by atoms with Gasteiger partial charge >= 0.3 is 6.18 Å². The number of carbonyl (C=O) groups is 1. The van der Waals surface area contributed by atoms with Crippen molar-refractivity contribution in [3.8, 4) is 5.75 Å². The SMILES string of the molecule is COc1c(Br)cc(C=C2SC(=S)N(c3cccc(C(F)(F)F)c3)C2=O)cc1Br. The van der Waals surface area contributed by atoms with Gasteiger partial charge in [-0.3, -0.25) is 9.69 Å². The van der Waals surface area contributed by atoms with Gasteiger partial charge in [-0.05, 0) is 73.8 Å². The van der Waals surface area contributed by atoms with Crippen molar-refractivity contribution in [2.75, 3.05) is 12.0 Å². The molecule has 2 aromatic carbocycles. The van der Waals surface area contributed by atoms with Crippen molar-refractivity contribution < 1.29 is 22.7 Å². The maximum atomic E-state index is 13.0. The minimum absolute atomic E-state index is 0.0813. The van der Waals surface area contributed by atoms with Crippen molar-refractivity contribution >= 4 is 77.8 Å². The molecule has 1 heterocycles. The van der Waals surface area contributed by atoms with Gasteiger partial charge in [0.05, 0.1) is 32.2 Å². The third-order valence-corrected chi connectivity index (χ3v) is 6.23. The van der Waals surface area contributed by atoms with Crippen LogP contribution in [0.5, 0.6) is 5.75 Å². The van der Waals surface area contributed by atoms with Crippen LogP contribution in [-0.2, 0) is 11.0 Å². The Morgan fingerprint density at radius 2 is 1.82 bits per heavy atom. The van der Waals surface area contributed by atoms with Crippen LogP contribution in [0.15, 0.2) is 50.2 Å². The molecule has 1 fully saturated rings. The third kappa shape index (κ3) is 4.29. The lowest BCUT2D eigenvalue weighted by atomic mass is 10.1. The molecule has 1 amide bonds. The molecular formula is C18H10Br2F3NO2S2. The normalized spacial score (nSPS) is 16.2. The summed E-state index contributed by atoms with van der Waals surface area (Å²) in [4.78, 5) is 14.2. The van der Waals surface area contributed by atoms with Crippen LogP contribution in [-0.4, -0.2) is 17.3 Å². The summed E-state index contributed by atoms with van der Waals surface area (Å²) in [5.41, 5.74) is -0.0621.